The molecule has 0 heterocycles. The van der Waals surface area contributed by atoms with E-state index in [-0.39, 0.29) is 0 Å². The lowest BCUT2D eigenvalue weighted by atomic mass is 11.3. The van der Waals surface area contributed by atoms with Gasteiger partial charge < -0.3 is 9.47 Å². The lowest BCUT2D eigenvalue weighted by Crippen LogP contribution is -2.25. The molecule has 0 unspecified atom stereocenters. The van der Waals surface area contributed by atoms with E-state index < -0.39 is 4.87 Å². The molecule has 0 fully saturated rings. The van der Waals surface area contributed by atoms with Crippen LogP contribution in [-0.2, 0) is 9.47 Å². The van der Waals surface area contributed by atoms with E-state index in [1.54, 1.807) is 0 Å². The second-order valence-electron chi connectivity index (χ2n) is 1.24. The normalized spacial score (nSPS) is 12.4. The number of ether oxygens (including phenoxy) is 2. The van der Waals surface area contributed by atoms with Crippen LogP contribution in [0.5, 0.6) is 0 Å². The zero-order valence-electron chi connectivity index (χ0n) is 4.69. The van der Waals surface area contributed by atoms with Crippen LogP contribution in [0.15, 0.2) is 0 Å². The summed E-state index contributed by atoms with van der Waals surface area (Å²) >= 11 is 5.52. The maximum atomic E-state index is 5.52. The van der Waals surface area contributed by atoms with Crippen molar-refractivity contribution in [2.75, 3.05) is 14.2 Å². The van der Waals surface area contributed by atoms with E-state index in [1.807, 2.05) is 0 Å². The summed E-state index contributed by atoms with van der Waals surface area (Å²) in [5, 5.41) is 0. The Bertz CT molecular complexity index is 50.9. The van der Waals surface area contributed by atoms with Gasteiger partial charge in [0.05, 0.1) is 10.2 Å². The predicted octanol–water partition coefficient (Wildman–Crippen LogP) is -0.505. The maximum absolute atomic E-state index is 5.52. The highest BCUT2D eigenvalue weighted by atomic mass is 35.5. The lowest BCUT2D eigenvalue weighted by molar-refractivity contribution is -0.0773. The molecule has 0 aliphatic carbocycles. The Morgan fingerprint density at radius 2 is 1.71 bits per heavy atom. The van der Waals surface area contributed by atoms with E-state index in [0.717, 1.165) is 0 Å². The van der Waals surface area contributed by atoms with Crippen LogP contribution in [0.4, 0.5) is 0 Å². The third-order valence-corrected chi connectivity index (χ3v) is 1.85. The monoisotopic (exact) mass is 140 g/mol. The molecule has 0 radical (unpaired) electrons. The predicted molar refractivity (Wildman–Crippen MR) is 32.5 cm³/mol. The van der Waals surface area contributed by atoms with Crippen LogP contribution in [0, 0.1) is 0 Å². The number of rotatable bonds is 2. The molecule has 0 aliphatic heterocycles. The number of alkyl halides is 1. The third-order valence-electron chi connectivity index (χ3n) is 0.729. The van der Waals surface area contributed by atoms with E-state index in [2.05, 4.69) is 0 Å². The number of hydrogen-bond acceptors (Lipinski definition) is 2. The minimum absolute atomic E-state index is 0.671. The van der Waals surface area contributed by atoms with E-state index in [9.17, 15) is 0 Å². The maximum Gasteiger partial charge on any atom is 0.214 e. The van der Waals surface area contributed by atoms with Crippen LogP contribution in [0.2, 0.25) is 0 Å². The van der Waals surface area contributed by atoms with Gasteiger partial charge in [0, 0.05) is 14.2 Å². The van der Waals surface area contributed by atoms with Gasteiger partial charge in [0.15, 0.2) is 0 Å². The molecule has 7 heavy (non-hydrogen) atoms. The van der Waals surface area contributed by atoms with Gasteiger partial charge in [0.1, 0.15) is 0 Å². The Balaban J connectivity index is 3.36. The first-order chi connectivity index (χ1) is 3.12. The van der Waals surface area contributed by atoms with Gasteiger partial charge in [-0.1, -0.05) is 11.6 Å². The summed E-state index contributed by atoms with van der Waals surface area (Å²) in [6.07, 6.45) is 0. The Hall–Kier alpha value is 0.427. The first kappa shape index (κ1) is 7.43. The van der Waals surface area contributed by atoms with Gasteiger partial charge in [0.2, 0.25) is 4.87 Å². The minimum Gasteiger partial charge on any atom is -0.345 e. The molecule has 0 atom stereocenters. The Labute approximate surface area is 51.2 Å². The first-order valence-electron chi connectivity index (χ1n) is 1.91. The molecule has 44 valence electrons. The van der Waals surface area contributed by atoms with Crippen molar-refractivity contribution in [1.29, 1.82) is 0 Å². The van der Waals surface area contributed by atoms with Crippen LogP contribution in [0.1, 0.15) is 0 Å². The molecule has 0 spiro atoms. The minimum atomic E-state index is -0.806. The summed E-state index contributed by atoms with van der Waals surface area (Å²) < 4.78 is 9.38. The van der Waals surface area contributed by atoms with Gasteiger partial charge in [0.25, 0.3) is 0 Å². The molecule has 0 aromatic carbocycles. The van der Waals surface area contributed by atoms with E-state index >= 15 is 0 Å². The van der Waals surface area contributed by atoms with Crippen molar-refractivity contribution in [1.82, 2.24) is 0 Å². The summed E-state index contributed by atoms with van der Waals surface area (Å²) in [6, 6.07) is 0. The highest BCUT2D eigenvalue weighted by Crippen LogP contribution is 2.09. The van der Waals surface area contributed by atoms with Gasteiger partial charge in [-0.25, -0.2) is 0 Å². The van der Waals surface area contributed by atoms with Crippen molar-refractivity contribution in [3.63, 3.8) is 0 Å². The molecule has 0 aromatic heterocycles. The second-order valence-corrected chi connectivity index (χ2v) is 3.88. The van der Waals surface area contributed by atoms with Crippen LogP contribution in [0.25, 0.3) is 0 Å². The highest BCUT2D eigenvalue weighted by molar-refractivity contribution is 6.42. The summed E-state index contributed by atoms with van der Waals surface area (Å²) in [6.45, 7) is 0. The van der Waals surface area contributed by atoms with Crippen molar-refractivity contribution >= 4 is 21.8 Å². The lowest BCUT2D eigenvalue weighted by Gasteiger charge is -2.16. The fraction of sp³-hybridized carbons (Fsp3) is 1.00. The van der Waals surface area contributed by atoms with Crippen molar-refractivity contribution in [2.24, 2.45) is 0 Å². The van der Waals surface area contributed by atoms with Gasteiger partial charge in [-0.05, 0) is 0 Å². The van der Waals surface area contributed by atoms with Crippen LogP contribution >= 0.6 is 11.6 Å². The SMILES string of the molecule is COC([SiH3])(Cl)OC. The molecular weight excluding hydrogens is 132 g/mol. The zero-order chi connectivity index (χ0) is 5.91. The van der Waals surface area contributed by atoms with Gasteiger partial charge in [-0.3, -0.25) is 0 Å². The number of hydrogen-bond donors (Lipinski definition) is 0. The summed E-state index contributed by atoms with van der Waals surface area (Å²) in [5.74, 6) is 0. The molecule has 0 saturated heterocycles. The molecule has 0 saturated carbocycles. The average Bonchev–Trinajstić information content (AvgIpc) is 1.68. The molecule has 0 bridgehead atoms. The molecule has 4 heteroatoms. The molecule has 2 nitrogen and oxygen atoms in total. The summed E-state index contributed by atoms with van der Waals surface area (Å²) in [7, 11) is 3.71. The van der Waals surface area contributed by atoms with Crippen LogP contribution in [0.3, 0.4) is 0 Å². The highest BCUT2D eigenvalue weighted by Gasteiger charge is 2.15. The molecule has 0 amide bonds. The van der Waals surface area contributed by atoms with Crippen molar-refractivity contribution in [3.05, 3.63) is 0 Å². The Morgan fingerprint density at radius 1 is 1.43 bits per heavy atom. The molecule has 0 aromatic rings. The average molecular weight is 141 g/mol. The zero-order valence-corrected chi connectivity index (χ0v) is 7.45. The van der Waals surface area contributed by atoms with Crippen molar-refractivity contribution in [2.45, 2.75) is 4.87 Å². The Kier molecular flexibility index (Phi) is 2.83. The first-order valence-corrected chi connectivity index (χ1v) is 3.29. The standard InChI is InChI=1S/C3H9ClO2Si/c1-5-3(4,7)6-2/h1-2,7H3. The molecule has 0 aliphatic rings. The van der Waals surface area contributed by atoms with E-state index in [1.165, 1.54) is 14.2 Å². The van der Waals surface area contributed by atoms with E-state index in [4.69, 9.17) is 21.1 Å². The van der Waals surface area contributed by atoms with Gasteiger partial charge in [-0.2, -0.15) is 0 Å². The largest absolute Gasteiger partial charge is 0.345 e. The van der Waals surface area contributed by atoms with Crippen LogP contribution < -0.4 is 0 Å². The summed E-state index contributed by atoms with van der Waals surface area (Å²) in [5.41, 5.74) is 0. The quantitative estimate of drug-likeness (QED) is 0.293. The second kappa shape index (κ2) is 2.67. The van der Waals surface area contributed by atoms with E-state index in [0.29, 0.717) is 10.2 Å². The van der Waals surface area contributed by atoms with Gasteiger partial charge >= 0.3 is 0 Å². The molecular formula is C3H9ClO2Si. The smallest absolute Gasteiger partial charge is 0.214 e. The van der Waals surface area contributed by atoms with Gasteiger partial charge in [-0.15, -0.1) is 0 Å². The molecule has 0 N–H and O–H groups in total. The van der Waals surface area contributed by atoms with Crippen LogP contribution in [-0.4, -0.2) is 29.3 Å². The Morgan fingerprint density at radius 3 is 1.71 bits per heavy atom. The summed E-state index contributed by atoms with van der Waals surface area (Å²) in [4.78, 5) is -0.806. The fourth-order valence-electron chi connectivity index (χ4n) is 0.0833. The topological polar surface area (TPSA) is 18.5 Å². The molecule has 0 rings (SSSR count). The number of methoxy groups -OCH3 is 2. The van der Waals surface area contributed by atoms with Crippen molar-refractivity contribution < 1.29 is 9.47 Å². The van der Waals surface area contributed by atoms with Crippen molar-refractivity contribution in [3.8, 4) is 0 Å². The number of halogens is 1. The third kappa shape index (κ3) is 3.05. The fourth-order valence-corrected chi connectivity index (χ4v) is 0.0833.